The van der Waals surface area contributed by atoms with Gasteiger partial charge in [0, 0.05) is 16.7 Å². The van der Waals surface area contributed by atoms with E-state index in [4.69, 9.17) is 9.72 Å². The Balaban J connectivity index is 1.77. The maximum atomic E-state index is 13.0. The molecule has 6 heteroatoms. The highest BCUT2D eigenvalue weighted by Crippen LogP contribution is 2.28. The number of benzene rings is 2. The minimum Gasteiger partial charge on any atom is -0.491 e. The van der Waals surface area contributed by atoms with E-state index in [-0.39, 0.29) is 12.0 Å². The summed E-state index contributed by atoms with van der Waals surface area (Å²) < 4.78 is 5.80. The number of para-hydroxylation sites is 1. The Hall–Kier alpha value is -2.86. The van der Waals surface area contributed by atoms with E-state index in [1.807, 2.05) is 68.4 Å². The molecule has 0 aliphatic carbocycles. The van der Waals surface area contributed by atoms with Gasteiger partial charge in [0.25, 0.3) is 5.91 Å². The molecule has 2 aromatic carbocycles. The van der Waals surface area contributed by atoms with Gasteiger partial charge in [-0.1, -0.05) is 42.1 Å². The largest absolute Gasteiger partial charge is 0.491 e. The molecule has 1 aromatic heterocycles. The first-order valence-corrected chi connectivity index (χ1v) is 10.2. The number of carbonyl (C=O) groups is 1. The van der Waals surface area contributed by atoms with Crippen molar-refractivity contribution in [2.75, 3.05) is 12.3 Å². The standard InChI is InChI=1S/C22H21N3O2S/c1-14(2)27-16-7-5-6-15(12-16)20-13-18(17-8-3-4-9-19(17)24-20)21(26)25-22-23-10-11-28-22/h3-9,12-14H,10-11H2,1-2H3,(H,23,25,26). The molecule has 1 N–H and O–H groups in total. The molecule has 0 unspecified atom stereocenters. The minimum absolute atomic E-state index is 0.0887. The average Bonchev–Trinajstić information content (AvgIpc) is 3.20. The van der Waals surface area contributed by atoms with Crippen LogP contribution in [0.5, 0.6) is 5.75 Å². The quantitative estimate of drug-likeness (QED) is 0.710. The van der Waals surface area contributed by atoms with Crippen LogP contribution in [0.1, 0.15) is 24.2 Å². The summed E-state index contributed by atoms with van der Waals surface area (Å²) in [4.78, 5) is 22.0. The number of hydrogen-bond donors (Lipinski definition) is 1. The van der Waals surface area contributed by atoms with Crippen LogP contribution in [-0.2, 0) is 0 Å². The van der Waals surface area contributed by atoms with Gasteiger partial charge >= 0.3 is 0 Å². The average molecular weight is 391 g/mol. The number of aliphatic imine (C=N–C) groups is 1. The summed E-state index contributed by atoms with van der Waals surface area (Å²) in [5.74, 6) is 1.52. The molecule has 0 saturated heterocycles. The molecule has 1 aliphatic rings. The molecule has 0 fully saturated rings. The lowest BCUT2D eigenvalue weighted by atomic mass is 10.0. The van der Waals surface area contributed by atoms with E-state index >= 15 is 0 Å². The number of aromatic nitrogens is 1. The zero-order valence-corrected chi connectivity index (χ0v) is 16.6. The lowest BCUT2D eigenvalue weighted by Gasteiger charge is -2.13. The van der Waals surface area contributed by atoms with Gasteiger partial charge in [-0.2, -0.15) is 0 Å². The highest BCUT2D eigenvalue weighted by molar-refractivity contribution is 8.14. The van der Waals surface area contributed by atoms with Crippen molar-refractivity contribution >= 4 is 33.7 Å². The van der Waals surface area contributed by atoms with Gasteiger partial charge in [-0.15, -0.1) is 0 Å². The molecule has 1 amide bonds. The topological polar surface area (TPSA) is 63.6 Å². The van der Waals surface area contributed by atoms with Crippen LogP contribution in [0.4, 0.5) is 0 Å². The summed E-state index contributed by atoms with van der Waals surface area (Å²) in [5.41, 5.74) is 3.01. The fraction of sp³-hybridized carbons (Fsp3) is 0.227. The molecule has 0 spiro atoms. The Kier molecular flexibility index (Phi) is 5.30. The molecule has 0 radical (unpaired) electrons. The maximum absolute atomic E-state index is 13.0. The van der Waals surface area contributed by atoms with Crippen LogP contribution in [0, 0.1) is 0 Å². The number of fused-ring (bicyclic) bond motifs is 1. The molecule has 4 rings (SSSR count). The Labute approximate surface area is 168 Å². The van der Waals surface area contributed by atoms with Crippen molar-refractivity contribution in [2.45, 2.75) is 20.0 Å². The van der Waals surface area contributed by atoms with Crippen molar-refractivity contribution in [3.63, 3.8) is 0 Å². The maximum Gasteiger partial charge on any atom is 0.257 e. The van der Waals surface area contributed by atoms with E-state index in [9.17, 15) is 4.79 Å². The lowest BCUT2D eigenvalue weighted by molar-refractivity contribution is 0.0979. The van der Waals surface area contributed by atoms with Gasteiger partial charge in [0.2, 0.25) is 0 Å². The van der Waals surface area contributed by atoms with Gasteiger partial charge in [0.15, 0.2) is 5.17 Å². The smallest absolute Gasteiger partial charge is 0.257 e. The number of ether oxygens (including phenoxy) is 1. The van der Waals surface area contributed by atoms with Crippen LogP contribution in [0.25, 0.3) is 22.2 Å². The van der Waals surface area contributed by atoms with Crippen LogP contribution in [-0.4, -0.2) is 34.5 Å². The van der Waals surface area contributed by atoms with E-state index in [0.29, 0.717) is 10.7 Å². The molecular weight excluding hydrogens is 370 g/mol. The van der Waals surface area contributed by atoms with Crippen LogP contribution in [0.3, 0.4) is 0 Å². The van der Waals surface area contributed by atoms with Gasteiger partial charge in [-0.3, -0.25) is 9.79 Å². The third-order valence-electron chi connectivity index (χ3n) is 4.27. The number of rotatable bonds is 4. The molecule has 0 atom stereocenters. The highest BCUT2D eigenvalue weighted by Gasteiger charge is 2.17. The molecule has 28 heavy (non-hydrogen) atoms. The zero-order valence-electron chi connectivity index (χ0n) is 15.8. The monoisotopic (exact) mass is 391 g/mol. The number of nitrogens with one attached hydrogen (secondary N) is 1. The van der Waals surface area contributed by atoms with Gasteiger partial charge in [-0.25, -0.2) is 4.98 Å². The third-order valence-corrected chi connectivity index (χ3v) is 5.16. The summed E-state index contributed by atoms with van der Waals surface area (Å²) >= 11 is 1.56. The van der Waals surface area contributed by atoms with E-state index in [2.05, 4.69) is 10.3 Å². The Morgan fingerprint density at radius 2 is 2.00 bits per heavy atom. The van der Waals surface area contributed by atoms with Crippen LogP contribution in [0.15, 0.2) is 59.6 Å². The second-order valence-electron chi connectivity index (χ2n) is 6.76. The van der Waals surface area contributed by atoms with Crippen molar-refractivity contribution in [3.05, 3.63) is 60.2 Å². The van der Waals surface area contributed by atoms with Crippen LogP contribution < -0.4 is 10.1 Å². The molecule has 3 aromatic rings. The van der Waals surface area contributed by atoms with Crippen molar-refractivity contribution < 1.29 is 9.53 Å². The first kappa shape index (κ1) is 18.5. The molecule has 142 valence electrons. The number of nitrogens with zero attached hydrogens (tertiary/aromatic N) is 2. The Morgan fingerprint density at radius 1 is 1.14 bits per heavy atom. The van der Waals surface area contributed by atoms with Crippen LogP contribution in [0.2, 0.25) is 0 Å². The van der Waals surface area contributed by atoms with E-state index in [1.165, 1.54) is 0 Å². The summed E-state index contributed by atoms with van der Waals surface area (Å²) in [7, 11) is 0. The van der Waals surface area contributed by atoms with Gasteiger partial charge < -0.3 is 10.1 Å². The normalized spacial score (nSPS) is 13.6. The van der Waals surface area contributed by atoms with E-state index in [1.54, 1.807) is 11.8 Å². The van der Waals surface area contributed by atoms with E-state index < -0.39 is 0 Å². The summed E-state index contributed by atoms with van der Waals surface area (Å²) in [5, 5.41) is 4.43. The fourth-order valence-corrected chi connectivity index (χ4v) is 3.81. The second-order valence-corrected chi connectivity index (χ2v) is 7.84. The predicted molar refractivity (Wildman–Crippen MR) is 115 cm³/mol. The Bertz CT molecular complexity index is 1060. The summed E-state index contributed by atoms with van der Waals surface area (Å²) in [6.07, 6.45) is 0.0887. The van der Waals surface area contributed by atoms with Crippen LogP contribution >= 0.6 is 11.8 Å². The van der Waals surface area contributed by atoms with Crippen molar-refractivity contribution in [2.24, 2.45) is 4.99 Å². The van der Waals surface area contributed by atoms with E-state index in [0.717, 1.165) is 40.2 Å². The molecule has 2 heterocycles. The van der Waals surface area contributed by atoms with Gasteiger partial charge in [-0.05, 0) is 38.1 Å². The molecular formula is C22H21N3O2S. The molecule has 5 nitrogen and oxygen atoms in total. The highest BCUT2D eigenvalue weighted by atomic mass is 32.2. The number of amidine groups is 1. The molecule has 0 saturated carbocycles. The fourth-order valence-electron chi connectivity index (χ4n) is 3.09. The zero-order chi connectivity index (χ0) is 19.5. The molecule has 0 bridgehead atoms. The first-order valence-electron chi connectivity index (χ1n) is 9.25. The lowest BCUT2D eigenvalue weighted by Crippen LogP contribution is -2.27. The number of thioether (sulfide) groups is 1. The summed E-state index contributed by atoms with van der Waals surface area (Å²) in [6.45, 7) is 4.73. The molecule has 1 aliphatic heterocycles. The Morgan fingerprint density at radius 3 is 2.79 bits per heavy atom. The van der Waals surface area contributed by atoms with Gasteiger partial charge in [0.05, 0.1) is 29.4 Å². The van der Waals surface area contributed by atoms with Crippen molar-refractivity contribution in [3.8, 4) is 17.0 Å². The first-order chi connectivity index (χ1) is 13.6. The third kappa shape index (κ3) is 4.02. The minimum atomic E-state index is -0.164. The van der Waals surface area contributed by atoms with Crippen molar-refractivity contribution in [1.29, 1.82) is 0 Å². The SMILES string of the molecule is CC(C)Oc1cccc(-c2cc(C(=O)NC3=NCCS3)c3ccccc3n2)c1. The second kappa shape index (κ2) is 8.02. The van der Waals surface area contributed by atoms with Gasteiger partial charge in [0.1, 0.15) is 5.75 Å². The number of carbonyl (C=O) groups excluding carboxylic acids is 1. The van der Waals surface area contributed by atoms with Crippen molar-refractivity contribution in [1.82, 2.24) is 10.3 Å². The summed E-state index contributed by atoms with van der Waals surface area (Å²) in [6, 6.07) is 17.3. The number of amides is 1. The number of pyridine rings is 1. The predicted octanol–water partition coefficient (Wildman–Crippen LogP) is 4.52. The number of hydrogen-bond acceptors (Lipinski definition) is 5.